The van der Waals surface area contributed by atoms with Gasteiger partial charge >= 0.3 is 0 Å². The van der Waals surface area contributed by atoms with Crippen molar-refractivity contribution in [2.45, 2.75) is 0 Å². The number of carbonyl (C=O) groups is 1. The third kappa shape index (κ3) is 4.45. The van der Waals surface area contributed by atoms with E-state index in [-0.39, 0.29) is 5.91 Å². The average molecular weight is 404 g/mol. The predicted molar refractivity (Wildman–Crippen MR) is 104 cm³/mol. The normalized spacial score (nSPS) is 14.3. The molecule has 25 heavy (non-hydrogen) atoms. The van der Waals surface area contributed by atoms with Crippen LogP contribution in [0.2, 0.25) is 0 Å². The quantitative estimate of drug-likeness (QED) is 0.832. The first-order chi connectivity index (χ1) is 12.2. The highest BCUT2D eigenvalue weighted by Gasteiger charge is 2.22. The number of amides is 1. The van der Waals surface area contributed by atoms with Crippen molar-refractivity contribution < 1.29 is 9.53 Å². The van der Waals surface area contributed by atoms with E-state index in [9.17, 15) is 4.79 Å². The first-order valence-electron chi connectivity index (χ1n) is 8.32. The van der Waals surface area contributed by atoms with Crippen LogP contribution < -0.4 is 15.0 Å². The number of nitrogens with zero attached hydrogens (tertiary/aromatic N) is 2. The summed E-state index contributed by atoms with van der Waals surface area (Å²) in [4.78, 5) is 16.6. The summed E-state index contributed by atoms with van der Waals surface area (Å²) in [5.41, 5.74) is 2.04. The lowest BCUT2D eigenvalue weighted by molar-refractivity contribution is -0.129. The van der Waals surface area contributed by atoms with E-state index >= 15 is 0 Å². The Morgan fingerprint density at radius 1 is 1.08 bits per heavy atom. The number of para-hydroxylation sites is 2. The van der Waals surface area contributed by atoms with Crippen molar-refractivity contribution in [3.8, 4) is 5.75 Å². The van der Waals surface area contributed by atoms with E-state index in [0.29, 0.717) is 6.54 Å². The van der Waals surface area contributed by atoms with E-state index in [1.165, 1.54) is 0 Å². The third-order valence-electron chi connectivity index (χ3n) is 4.35. The number of benzene rings is 2. The molecule has 1 saturated heterocycles. The zero-order valence-corrected chi connectivity index (χ0v) is 15.8. The molecule has 0 atom stereocenters. The minimum Gasteiger partial charge on any atom is -0.495 e. The summed E-state index contributed by atoms with van der Waals surface area (Å²) in [6.07, 6.45) is 0. The lowest BCUT2D eigenvalue weighted by atomic mass is 10.2. The summed E-state index contributed by atoms with van der Waals surface area (Å²) in [6, 6.07) is 15.8. The van der Waals surface area contributed by atoms with E-state index in [1.54, 1.807) is 7.11 Å². The Morgan fingerprint density at radius 3 is 2.44 bits per heavy atom. The fraction of sp³-hybridized carbons (Fsp3) is 0.316. The van der Waals surface area contributed by atoms with Crippen LogP contribution in [0.4, 0.5) is 11.4 Å². The van der Waals surface area contributed by atoms with Gasteiger partial charge in [0, 0.05) is 36.3 Å². The number of methoxy groups -OCH3 is 1. The number of anilines is 2. The molecule has 0 unspecified atom stereocenters. The maximum Gasteiger partial charge on any atom is 0.241 e. The number of piperazine rings is 1. The van der Waals surface area contributed by atoms with Crippen molar-refractivity contribution in [3.05, 3.63) is 53.0 Å². The molecule has 1 fully saturated rings. The molecule has 0 saturated carbocycles. The average Bonchev–Trinajstić information content (AvgIpc) is 2.67. The Hall–Kier alpha value is -2.21. The second-order valence-corrected chi connectivity index (χ2v) is 6.82. The van der Waals surface area contributed by atoms with Crippen LogP contribution in [0.25, 0.3) is 0 Å². The highest BCUT2D eigenvalue weighted by molar-refractivity contribution is 9.10. The molecule has 0 aromatic heterocycles. The molecule has 1 amide bonds. The molecule has 1 heterocycles. The molecule has 0 bridgehead atoms. The molecule has 6 heteroatoms. The maximum absolute atomic E-state index is 12.4. The van der Waals surface area contributed by atoms with Crippen LogP contribution in [0.3, 0.4) is 0 Å². The van der Waals surface area contributed by atoms with Crippen molar-refractivity contribution in [3.63, 3.8) is 0 Å². The van der Waals surface area contributed by atoms with Gasteiger partial charge in [-0.15, -0.1) is 0 Å². The first kappa shape index (κ1) is 17.6. The van der Waals surface area contributed by atoms with Gasteiger partial charge in [0.1, 0.15) is 5.75 Å². The van der Waals surface area contributed by atoms with Crippen LogP contribution in [0, 0.1) is 0 Å². The van der Waals surface area contributed by atoms with Crippen LogP contribution in [-0.2, 0) is 4.79 Å². The molecule has 1 N–H and O–H groups in total. The minimum atomic E-state index is 0.127. The smallest absolute Gasteiger partial charge is 0.241 e. The van der Waals surface area contributed by atoms with E-state index in [0.717, 1.165) is 47.8 Å². The number of halogens is 1. The molecule has 0 radical (unpaired) electrons. The topological polar surface area (TPSA) is 44.8 Å². The highest BCUT2D eigenvalue weighted by atomic mass is 79.9. The molecule has 3 rings (SSSR count). The number of rotatable bonds is 5. The van der Waals surface area contributed by atoms with Gasteiger partial charge in [0.25, 0.3) is 0 Å². The number of nitrogens with one attached hydrogen (secondary N) is 1. The van der Waals surface area contributed by atoms with Gasteiger partial charge in [-0.2, -0.15) is 0 Å². The summed E-state index contributed by atoms with van der Waals surface area (Å²) < 4.78 is 6.46. The fourth-order valence-corrected chi connectivity index (χ4v) is 3.21. The van der Waals surface area contributed by atoms with Crippen molar-refractivity contribution in [1.82, 2.24) is 4.90 Å². The standard InChI is InChI=1S/C19H22BrN3O2/c1-25-18-5-3-2-4-17(18)22-10-12-23(13-11-22)19(24)14-21-16-8-6-15(20)7-9-16/h2-9,21H,10-14H2,1H3. The highest BCUT2D eigenvalue weighted by Crippen LogP contribution is 2.28. The Bertz CT molecular complexity index is 713. The molecule has 5 nitrogen and oxygen atoms in total. The third-order valence-corrected chi connectivity index (χ3v) is 4.87. The van der Waals surface area contributed by atoms with Crippen LogP contribution in [0.1, 0.15) is 0 Å². The zero-order valence-electron chi connectivity index (χ0n) is 14.2. The Labute approximate surface area is 156 Å². The summed E-state index contributed by atoms with van der Waals surface area (Å²) in [5.74, 6) is 1.00. The first-order valence-corrected chi connectivity index (χ1v) is 9.12. The van der Waals surface area contributed by atoms with Gasteiger partial charge in [-0.05, 0) is 36.4 Å². The molecule has 0 aliphatic carbocycles. The summed E-state index contributed by atoms with van der Waals surface area (Å²) >= 11 is 3.41. The fourth-order valence-electron chi connectivity index (χ4n) is 2.94. The second kappa shape index (κ2) is 8.25. The number of hydrogen-bond acceptors (Lipinski definition) is 4. The van der Waals surface area contributed by atoms with Gasteiger partial charge in [-0.25, -0.2) is 0 Å². The van der Waals surface area contributed by atoms with Crippen molar-refractivity contribution in [1.29, 1.82) is 0 Å². The van der Waals surface area contributed by atoms with Gasteiger partial charge in [-0.1, -0.05) is 28.1 Å². The SMILES string of the molecule is COc1ccccc1N1CCN(C(=O)CNc2ccc(Br)cc2)CC1. The molecular weight excluding hydrogens is 382 g/mol. The van der Waals surface area contributed by atoms with Crippen LogP contribution in [0.5, 0.6) is 5.75 Å². The van der Waals surface area contributed by atoms with E-state index in [1.807, 2.05) is 47.4 Å². The van der Waals surface area contributed by atoms with E-state index in [2.05, 4.69) is 32.2 Å². The van der Waals surface area contributed by atoms with Crippen LogP contribution >= 0.6 is 15.9 Å². The van der Waals surface area contributed by atoms with Gasteiger partial charge in [0.2, 0.25) is 5.91 Å². The van der Waals surface area contributed by atoms with Crippen molar-refractivity contribution in [2.24, 2.45) is 0 Å². The molecular formula is C19H22BrN3O2. The van der Waals surface area contributed by atoms with Crippen LogP contribution in [-0.4, -0.2) is 50.6 Å². The number of carbonyl (C=O) groups excluding carboxylic acids is 1. The Morgan fingerprint density at radius 2 is 1.76 bits per heavy atom. The minimum absolute atomic E-state index is 0.127. The number of hydrogen-bond donors (Lipinski definition) is 1. The zero-order chi connectivity index (χ0) is 17.6. The molecule has 1 aliphatic heterocycles. The van der Waals surface area contributed by atoms with E-state index in [4.69, 9.17) is 4.74 Å². The van der Waals surface area contributed by atoms with Crippen LogP contribution in [0.15, 0.2) is 53.0 Å². The lowest BCUT2D eigenvalue weighted by Gasteiger charge is -2.36. The second-order valence-electron chi connectivity index (χ2n) is 5.90. The Balaban J connectivity index is 1.51. The lowest BCUT2D eigenvalue weighted by Crippen LogP contribution is -2.50. The van der Waals surface area contributed by atoms with Crippen molar-refractivity contribution in [2.75, 3.05) is 50.1 Å². The van der Waals surface area contributed by atoms with Gasteiger partial charge in [0.05, 0.1) is 19.3 Å². The summed E-state index contributed by atoms with van der Waals surface area (Å²) in [7, 11) is 1.69. The molecule has 2 aromatic carbocycles. The van der Waals surface area contributed by atoms with Gasteiger partial charge in [0.15, 0.2) is 0 Å². The summed E-state index contributed by atoms with van der Waals surface area (Å²) in [6.45, 7) is 3.38. The van der Waals surface area contributed by atoms with E-state index < -0.39 is 0 Å². The number of ether oxygens (including phenoxy) is 1. The maximum atomic E-state index is 12.4. The molecule has 0 spiro atoms. The van der Waals surface area contributed by atoms with Crippen molar-refractivity contribution >= 4 is 33.2 Å². The largest absolute Gasteiger partial charge is 0.495 e. The molecule has 2 aromatic rings. The van der Waals surface area contributed by atoms with Gasteiger partial charge < -0.3 is 19.9 Å². The van der Waals surface area contributed by atoms with Gasteiger partial charge in [-0.3, -0.25) is 4.79 Å². The molecule has 132 valence electrons. The summed E-state index contributed by atoms with van der Waals surface area (Å²) in [5, 5.41) is 3.18. The predicted octanol–water partition coefficient (Wildman–Crippen LogP) is 3.22. The Kier molecular flexibility index (Phi) is 5.81. The molecule has 1 aliphatic rings. The monoisotopic (exact) mass is 403 g/mol.